The minimum atomic E-state index is 0.222. The van der Waals surface area contributed by atoms with E-state index in [0.29, 0.717) is 0 Å². The first kappa shape index (κ1) is 9.79. The van der Waals surface area contributed by atoms with Crippen LogP contribution in [0.15, 0.2) is 59.5 Å². The molecule has 0 fully saturated rings. The zero-order valence-corrected chi connectivity index (χ0v) is 9.61. The van der Waals surface area contributed by atoms with Crippen LogP contribution in [0.3, 0.4) is 0 Å². The van der Waals surface area contributed by atoms with Gasteiger partial charge in [-0.2, -0.15) is 0 Å². The third-order valence-corrected chi connectivity index (χ3v) is 3.81. The lowest BCUT2D eigenvalue weighted by Crippen LogP contribution is -2.10. The molecule has 0 spiro atoms. The van der Waals surface area contributed by atoms with Crippen LogP contribution < -0.4 is 4.74 Å². The molecular weight excluding hydrogens is 216 g/mol. The van der Waals surface area contributed by atoms with E-state index in [-0.39, 0.29) is 5.44 Å². The molecule has 1 atom stereocenters. The fourth-order valence-corrected chi connectivity index (χ4v) is 3.03. The largest absolute Gasteiger partial charge is 0.479 e. The predicted octanol–water partition coefficient (Wildman–Crippen LogP) is 3.74. The van der Waals surface area contributed by atoms with Gasteiger partial charge in [-0.15, -0.1) is 0 Å². The lowest BCUT2D eigenvalue weighted by atomic mass is 10.2. The summed E-state index contributed by atoms with van der Waals surface area (Å²) in [4.78, 5) is 1.35. The van der Waals surface area contributed by atoms with E-state index in [9.17, 15) is 0 Å². The molecule has 2 heteroatoms. The van der Waals surface area contributed by atoms with Gasteiger partial charge in [-0.25, -0.2) is 0 Å². The fourth-order valence-electron chi connectivity index (χ4n) is 1.87. The maximum atomic E-state index is 5.92. The van der Waals surface area contributed by atoms with E-state index >= 15 is 0 Å². The Hall–Kier alpha value is -1.41. The summed E-state index contributed by atoms with van der Waals surface area (Å²) in [5.41, 5.74) is 1.62. The molecule has 2 aromatic rings. The van der Waals surface area contributed by atoms with Crippen LogP contribution in [-0.4, -0.2) is 5.44 Å². The molecule has 0 radical (unpaired) electrons. The van der Waals surface area contributed by atoms with E-state index in [1.54, 1.807) is 0 Å². The average Bonchev–Trinajstić information content (AvgIpc) is 2.72. The van der Waals surface area contributed by atoms with Crippen LogP contribution >= 0.6 is 11.8 Å². The van der Waals surface area contributed by atoms with Gasteiger partial charge in [0, 0.05) is 11.3 Å². The molecule has 0 amide bonds. The predicted molar refractivity (Wildman–Crippen MR) is 66.9 cm³/mol. The molecule has 1 unspecified atom stereocenters. The van der Waals surface area contributed by atoms with Gasteiger partial charge < -0.3 is 4.74 Å². The molecule has 1 aliphatic heterocycles. The first-order valence-electron chi connectivity index (χ1n) is 5.38. The lowest BCUT2D eigenvalue weighted by Gasteiger charge is -2.11. The minimum absolute atomic E-state index is 0.222. The van der Waals surface area contributed by atoms with Gasteiger partial charge in [-0.05, 0) is 23.8 Å². The Bertz CT molecular complexity index is 456. The van der Waals surface area contributed by atoms with Crippen LogP contribution in [0.25, 0.3) is 0 Å². The standard InChI is InChI=1S/C14H12OS/c1-2-7-12(8-3-1)15-14-10-11-6-4-5-9-13(11)16-14/h1-9,14H,10H2. The maximum Gasteiger partial charge on any atom is 0.152 e. The summed E-state index contributed by atoms with van der Waals surface area (Å²) in [7, 11) is 0. The van der Waals surface area contributed by atoms with Crippen molar-refractivity contribution in [2.75, 3.05) is 0 Å². The molecule has 0 aromatic heterocycles. The summed E-state index contributed by atoms with van der Waals surface area (Å²) < 4.78 is 5.92. The van der Waals surface area contributed by atoms with Gasteiger partial charge >= 0.3 is 0 Å². The monoisotopic (exact) mass is 228 g/mol. The van der Waals surface area contributed by atoms with E-state index in [2.05, 4.69) is 24.3 Å². The minimum Gasteiger partial charge on any atom is -0.479 e. The second-order valence-corrected chi connectivity index (χ2v) is 4.99. The SMILES string of the molecule is c1ccc(OC2Cc3ccccc3S2)cc1. The maximum absolute atomic E-state index is 5.92. The Balaban J connectivity index is 1.73. The van der Waals surface area contributed by atoms with Crippen LogP contribution in [-0.2, 0) is 6.42 Å². The van der Waals surface area contributed by atoms with Gasteiger partial charge in [0.05, 0.1) is 0 Å². The Morgan fingerprint density at radius 2 is 1.69 bits per heavy atom. The normalized spacial score (nSPS) is 18.1. The summed E-state index contributed by atoms with van der Waals surface area (Å²) in [5, 5.41) is 0. The van der Waals surface area contributed by atoms with Gasteiger partial charge in [0.1, 0.15) is 5.75 Å². The topological polar surface area (TPSA) is 9.23 Å². The Kier molecular flexibility index (Phi) is 2.58. The second kappa shape index (κ2) is 4.22. The third kappa shape index (κ3) is 1.93. The van der Waals surface area contributed by atoms with Crippen molar-refractivity contribution in [3.63, 3.8) is 0 Å². The van der Waals surface area contributed by atoms with E-state index in [1.807, 2.05) is 42.1 Å². The number of para-hydroxylation sites is 1. The molecule has 0 saturated heterocycles. The zero-order chi connectivity index (χ0) is 10.8. The van der Waals surface area contributed by atoms with E-state index in [4.69, 9.17) is 4.74 Å². The van der Waals surface area contributed by atoms with Crippen molar-refractivity contribution >= 4 is 11.8 Å². The van der Waals surface area contributed by atoms with Gasteiger partial charge in [0.2, 0.25) is 0 Å². The first-order valence-corrected chi connectivity index (χ1v) is 6.26. The van der Waals surface area contributed by atoms with Gasteiger partial charge in [-0.3, -0.25) is 0 Å². The smallest absolute Gasteiger partial charge is 0.152 e. The highest BCUT2D eigenvalue weighted by Gasteiger charge is 2.22. The Morgan fingerprint density at radius 1 is 0.938 bits per heavy atom. The number of hydrogen-bond acceptors (Lipinski definition) is 2. The summed E-state index contributed by atoms with van der Waals surface area (Å²) >= 11 is 1.81. The van der Waals surface area contributed by atoms with Gasteiger partial charge in [0.15, 0.2) is 5.44 Å². The number of benzene rings is 2. The van der Waals surface area contributed by atoms with Crippen LogP contribution in [0.1, 0.15) is 5.56 Å². The van der Waals surface area contributed by atoms with Crippen molar-refractivity contribution in [1.82, 2.24) is 0 Å². The van der Waals surface area contributed by atoms with Crippen molar-refractivity contribution in [3.8, 4) is 5.75 Å². The third-order valence-electron chi connectivity index (χ3n) is 2.63. The summed E-state index contributed by atoms with van der Waals surface area (Å²) in [6, 6.07) is 18.5. The molecule has 1 aliphatic rings. The number of ether oxygens (including phenoxy) is 1. The van der Waals surface area contributed by atoms with Crippen molar-refractivity contribution in [1.29, 1.82) is 0 Å². The Labute approximate surface area is 99.4 Å². The number of hydrogen-bond donors (Lipinski definition) is 0. The summed E-state index contributed by atoms with van der Waals surface area (Å²) in [6.45, 7) is 0. The van der Waals surface area contributed by atoms with E-state index < -0.39 is 0 Å². The molecule has 80 valence electrons. The second-order valence-electron chi connectivity index (χ2n) is 3.79. The highest BCUT2D eigenvalue weighted by atomic mass is 32.2. The van der Waals surface area contributed by atoms with Crippen molar-refractivity contribution in [3.05, 3.63) is 60.2 Å². The highest BCUT2D eigenvalue weighted by molar-refractivity contribution is 8.00. The average molecular weight is 228 g/mol. The number of fused-ring (bicyclic) bond motifs is 1. The van der Waals surface area contributed by atoms with E-state index in [0.717, 1.165) is 12.2 Å². The zero-order valence-electron chi connectivity index (χ0n) is 8.80. The molecule has 0 N–H and O–H groups in total. The molecule has 16 heavy (non-hydrogen) atoms. The van der Waals surface area contributed by atoms with Crippen molar-refractivity contribution in [2.24, 2.45) is 0 Å². The van der Waals surface area contributed by atoms with Crippen LogP contribution in [0.2, 0.25) is 0 Å². The fraction of sp³-hybridized carbons (Fsp3) is 0.143. The van der Waals surface area contributed by atoms with Crippen molar-refractivity contribution < 1.29 is 4.74 Å². The lowest BCUT2D eigenvalue weighted by molar-refractivity contribution is 0.292. The molecule has 1 heterocycles. The molecule has 0 aliphatic carbocycles. The molecule has 0 bridgehead atoms. The Morgan fingerprint density at radius 3 is 2.50 bits per heavy atom. The summed E-state index contributed by atoms with van der Waals surface area (Å²) in [5.74, 6) is 0.952. The van der Waals surface area contributed by atoms with Crippen LogP contribution in [0.4, 0.5) is 0 Å². The van der Waals surface area contributed by atoms with Crippen LogP contribution in [0.5, 0.6) is 5.75 Å². The molecule has 2 aromatic carbocycles. The van der Waals surface area contributed by atoms with E-state index in [1.165, 1.54) is 10.5 Å². The number of rotatable bonds is 2. The van der Waals surface area contributed by atoms with Gasteiger partial charge in [-0.1, -0.05) is 48.2 Å². The summed E-state index contributed by atoms with van der Waals surface area (Å²) in [6.07, 6.45) is 0.996. The quantitative estimate of drug-likeness (QED) is 0.774. The molecule has 1 nitrogen and oxygen atoms in total. The number of thioether (sulfide) groups is 1. The van der Waals surface area contributed by atoms with Crippen molar-refractivity contribution in [2.45, 2.75) is 16.8 Å². The highest BCUT2D eigenvalue weighted by Crippen LogP contribution is 2.37. The molecule has 0 saturated carbocycles. The van der Waals surface area contributed by atoms with Gasteiger partial charge in [0.25, 0.3) is 0 Å². The molecule has 3 rings (SSSR count). The molecular formula is C14H12OS. The first-order chi connectivity index (χ1) is 7.92. The van der Waals surface area contributed by atoms with Crippen LogP contribution in [0, 0.1) is 0 Å².